The largest absolute Gasteiger partial charge is 0.497 e. The second-order valence-electron chi connectivity index (χ2n) is 7.58. The van der Waals surface area contributed by atoms with E-state index >= 15 is 0 Å². The normalized spacial score (nSPS) is 17.7. The molecule has 1 aliphatic rings. The van der Waals surface area contributed by atoms with Gasteiger partial charge in [-0.05, 0) is 40.8 Å². The number of ether oxygens (including phenoxy) is 2. The molecular weight excluding hydrogens is 424 g/mol. The van der Waals surface area contributed by atoms with Crippen molar-refractivity contribution in [3.05, 3.63) is 87.6 Å². The molecule has 0 fully saturated rings. The SMILES string of the molecule is COCCN1C(=O)c2ccccc2[C@@H](C(=O)NCc2ccc(OC)cc2)[C@H]1c1cccs1. The zero-order chi connectivity index (χ0) is 22.5. The number of hydrogen-bond acceptors (Lipinski definition) is 5. The molecule has 0 unspecified atom stereocenters. The van der Waals surface area contributed by atoms with E-state index < -0.39 is 5.92 Å². The van der Waals surface area contributed by atoms with Gasteiger partial charge in [0.2, 0.25) is 5.91 Å². The highest BCUT2D eigenvalue weighted by molar-refractivity contribution is 7.10. The molecule has 2 aromatic carbocycles. The van der Waals surface area contributed by atoms with Crippen LogP contribution in [0, 0.1) is 0 Å². The van der Waals surface area contributed by atoms with Crippen molar-refractivity contribution in [1.29, 1.82) is 0 Å². The highest BCUT2D eigenvalue weighted by atomic mass is 32.1. The predicted octanol–water partition coefficient (Wildman–Crippen LogP) is 4.00. The predicted molar refractivity (Wildman–Crippen MR) is 124 cm³/mol. The van der Waals surface area contributed by atoms with E-state index in [0.29, 0.717) is 25.3 Å². The Bertz CT molecular complexity index is 1070. The monoisotopic (exact) mass is 450 g/mol. The van der Waals surface area contributed by atoms with Crippen molar-refractivity contribution in [3.8, 4) is 5.75 Å². The van der Waals surface area contributed by atoms with Gasteiger partial charge >= 0.3 is 0 Å². The Labute approximate surface area is 191 Å². The highest BCUT2D eigenvalue weighted by Crippen LogP contribution is 2.44. The molecule has 0 bridgehead atoms. The van der Waals surface area contributed by atoms with Crippen molar-refractivity contribution in [2.24, 2.45) is 0 Å². The van der Waals surface area contributed by atoms with Gasteiger partial charge in [-0.1, -0.05) is 36.4 Å². The van der Waals surface area contributed by atoms with E-state index in [1.165, 1.54) is 0 Å². The maximum atomic E-state index is 13.6. The van der Waals surface area contributed by atoms with E-state index in [1.54, 1.807) is 36.5 Å². The van der Waals surface area contributed by atoms with E-state index in [1.807, 2.05) is 60.0 Å². The molecule has 4 rings (SSSR count). The van der Waals surface area contributed by atoms with Gasteiger partial charge in [-0.2, -0.15) is 0 Å². The minimum atomic E-state index is -0.516. The summed E-state index contributed by atoms with van der Waals surface area (Å²) in [5.41, 5.74) is 2.31. The number of rotatable bonds is 8. The summed E-state index contributed by atoms with van der Waals surface area (Å²) in [6.07, 6.45) is 0. The third-order valence-corrected chi connectivity index (χ3v) is 6.66. The number of carbonyl (C=O) groups is 2. The van der Waals surface area contributed by atoms with Crippen molar-refractivity contribution in [2.45, 2.75) is 18.5 Å². The van der Waals surface area contributed by atoms with Crippen molar-refractivity contribution in [2.75, 3.05) is 27.4 Å². The minimum Gasteiger partial charge on any atom is -0.497 e. The van der Waals surface area contributed by atoms with Crippen LogP contribution >= 0.6 is 11.3 Å². The Morgan fingerprint density at radius 3 is 2.53 bits per heavy atom. The number of thiophene rings is 1. The third kappa shape index (κ3) is 4.40. The van der Waals surface area contributed by atoms with Gasteiger partial charge in [0, 0.05) is 30.6 Å². The van der Waals surface area contributed by atoms with Gasteiger partial charge in [-0.3, -0.25) is 9.59 Å². The molecule has 7 heteroatoms. The van der Waals surface area contributed by atoms with Gasteiger partial charge in [0.25, 0.3) is 5.91 Å². The molecule has 2 heterocycles. The summed E-state index contributed by atoms with van der Waals surface area (Å²) >= 11 is 1.55. The molecule has 0 radical (unpaired) electrons. The van der Waals surface area contributed by atoms with Crippen LogP contribution in [0.15, 0.2) is 66.0 Å². The van der Waals surface area contributed by atoms with E-state index in [9.17, 15) is 9.59 Å². The molecular formula is C25H26N2O4S. The lowest BCUT2D eigenvalue weighted by Crippen LogP contribution is -2.48. The second kappa shape index (κ2) is 9.97. The molecule has 6 nitrogen and oxygen atoms in total. The third-order valence-electron chi connectivity index (χ3n) is 5.72. The molecule has 2 atom stereocenters. The molecule has 32 heavy (non-hydrogen) atoms. The van der Waals surface area contributed by atoms with Crippen molar-refractivity contribution in [1.82, 2.24) is 10.2 Å². The first-order chi connectivity index (χ1) is 15.6. The minimum absolute atomic E-state index is 0.0738. The molecule has 3 aromatic rings. The number of methoxy groups -OCH3 is 2. The van der Waals surface area contributed by atoms with Crippen molar-refractivity contribution < 1.29 is 19.1 Å². The van der Waals surface area contributed by atoms with E-state index in [4.69, 9.17) is 9.47 Å². The summed E-state index contributed by atoms with van der Waals surface area (Å²) in [5.74, 6) is 0.0702. The Balaban J connectivity index is 1.67. The Hall–Kier alpha value is -3.16. The fraction of sp³-hybridized carbons (Fsp3) is 0.280. The summed E-state index contributed by atoms with van der Waals surface area (Å²) in [4.78, 5) is 29.7. The summed E-state index contributed by atoms with van der Waals surface area (Å²) in [5, 5.41) is 5.06. The zero-order valence-corrected chi connectivity index (χ0v) is 18.9. The standard InChI is InChI=1S/C25H26N2O4S/c1-30-14-13-27-23(21-8-5-15-32-21)22(19-6-3-4-7-20(19)25(27)29)24(28)26-16-17-9-11-18(31-2)12-10-17/h3-12,15,22-23H,13-14,16H2,1-2H3,(H,26,28)/t22-,23-/m1/s1. The van der Waals surface area contributed by atoms with Crippen molar-refractivity contribution >= 4 is 23.2 Å². The maximum Gasteiger partial charge on any atom is 0.254 e. The molecule has 1 aromatic heterocycles. The van der Waals surface area contributed by atoms with Crippen LogP contribution in [0.1, 0.15) is 38.3 Å². The topological polar surface area (TPSA) is 67.9 Å². The Morgan fingerprint density at radius 2 is 1.84 bits per heavy atom. The number of nitrogens with zero attached hydrogens (tertiary/aromatic N) is 1. The Kier molecular flexibility index (Phi) is 6.87. The molecule has 2 amide bonds. The first-order valence-corrected chi connectivity index (χ1v) is 11.3. The van der Waals surface area contributed by atoms with E-state index in [-0.39, 0.29) is 17.9 Å². The van der Waals surface area contributed by atoms with Crippen LogP contribution in [0.2, 0.25) is 0 Å². The van der Waals surface area contributed by atoms with Crippen LogP contribution in [-0.4, -0.2) is 44.1 Å². The smallest absolute Gasteiger partial charge is 0.254 e. The summed E-state index contributed by atoms with van der Waals surface area (Å²) in [6.45, 7) is 1.20. The fourth-order valence-electron chi connectivity index (χ4n) is 4.13. The van der Waals surface area contributed by atoms with Crippen molar-refractivity contribution in [3.63, 3.8) is 0 Å². The second-order valence-corrected chi connectivity index (χ2v) is 8.56. The van der Waals surface area contributed by atoms with Gasteiger partial charge < -0.3 is 19.7 Å². The number of nitrogens with one attached hydrogen (secondary N) is 1. The molecule has 166 valence electrons. The van der Waals surface area contributed by atoms with E-state index in [2.05, 4.69) is 5.32 Å². The fourth-order valence-corrected chi connectivity index (χ4v) is 5.00. The molecule has 0 aliphatic carbocycles. The summed E-state index contributed by atoms with van der Waals surface area (Å²) in [6, 6.07) is 18.6. The van der Waals surface area contributed by atoms with Crippen LogP contribution in [0.4, 0.5) is 0 Å². The first-order valence-electron chi connectivity index (χ1n) is 10.5. The number of fused-ring (bicyclic) bond motifs is 1. The lowest BCUT2D eigenvalue weighted by atomic mass is 9.81. The average molecular weight is 451 g/mol. The van der Waals surface area contributed by atoms with Gasteiger partial charge in [-0.15, -0.1) is 11.3 Å². The first kappa shape index (κ1) is 22.0. The number of hydrogen-bond donors (Lipinski definition) is 1. The van der Waals surface area contributed by atoms with Crippen LogP contribution in [0.25, 0.3) is 0 Å². The van der Waals surface area contributed by atoms with Gasteiger partial charge in [0.15, 0.2) is 0 Å². The van der Waals surface area contributed by atoms with Gasteiger partial charge in [0.1, 0.15) is 5.75 Å². The lowest BCUT2D eigenvalue weighted by molar-refractivity contribution is -0.124. The molecule has 0 saturated heterocycles. The average Bonchev–Trinajstić information content (AvgIpc) is 3.37. The molecule has 0 saturated carbocycles. The molecule has 1 aliphatic heterocycles. The van der Waals surface area contributed by atoms with Gasteiger partial charge in [0.05, 0.1) is 25.7 Å². The lowest BCUT2D eigenvalue weighted by Gasteiger charge is -2.41. The summed E-state index contributed by atoms with van der Waals surface area (Å²) < 4.78 is 10.5. The quantitative estimate of drug-likeness (QED) is 0.563. The summed E-state index contributed by atoms with van der Waals surface area (Å²) in [7, 11) is 3.24. The van der Waals surface area contributed by atoms with Gasteiger partial charge in [-0.25, -0.2) is 0 Å². The number of amides is 2. The molecule has 0 spiro atoms. The Morgan fingerprint density at radius 1 is 1.06 bits per heavy atom. The zero-order valence-electron chi connectivity index (χ0n) is 18.1. The number of benzene rings is 2. The van der Waals surface area contributed by atoms with Crippen LogP contribution in [0.5, 0.6) is 5.75 Å². The van der Waals surface area contributed by atoms with Crippen LogP contribution < -0.4 is 10.1 Å². The highest BCUT2D eigenvalue weighted by Gasteiger charge is 2.44. The van der Waals surface area contributed by atoms with Crippen LogP contribution in [-0.2, 0) is 16.1 Å². The van der Waals surface area contributed by atoms with Crippen LogP contribution in [0.3, 0.4) is 0 Å². The number of carbonyl (C=O) groups excluding carboxylic acids is 2. The maximum absolute atomic E-state index is 13.6. The van der Waals surface area contributed by atoms with E-state index in [0.717, 1.165) is 21.8 Å². The molecule has 1 N–H and O–H groups in total.